The lowest BCUT2D eigenvalue weighted by atomic mass is 10.0. The summed E-state index contributed by atoms with van der Waals surface area (Å²) < 4.78 is 5.22. The largest absolute Gasteiger partial charge is 0.457 e. The molecule has 1 amide bonds. The van der Waals surface area contributed by atoms with Crippen LogP contribution >= 0.6 is 11.6 Å². The van der Waals surface area contributed by atoms with Crippen molar-refractivity contribution in [2.24, 2.45) is 5.92 Å². The zero-order valence-corrected chi connectivity index (χ0v) is 17.4. The number of hydrogen-bond donors (Lipinski definition) is 0. The molecule has 1 aliphatic heterocycles. The number of Topliss-reactive ketones (excluding diaryl/α,β-unsaturated/α-hetero) is 1. The Kier molecular flexibility index (Phi) is 6.14. The van der Waals surface area contributed by atoms with Gasteiger partial charge in [0.05, 0.1) is 5.92 Å². The fraction of sp³-hybridized carbons (Fsp3) is 0.160. The van der Waals surface area contributed by atoms with Gasteiger partial charge in [-0.2, -0.15) is 0 Å². The molecule has 3 aromatic carbocycles. The first-order chi connectivity index (χ1) is 15.0. The molecule has 31 heavy (non-hydrogen) atoms. The Morgan fingerprint density at radius 1 is 0.903 bits per heavy atom. The van der Waals surface area contributed by atoms with E-state index in [1.54, 1.807) is 36.4 Å². The second-order valence-corrected chi connectivity index (χ2v) is 7.79. The first-order valence-electron chi connectivity index (χ1n) is 9.92. The van der Waals surface area contributed by atoms with Crippen molar-refractivity contribution in [1.82, 2.24) is 0 Å². The molecule has 0 saturated carbocycles. The third-order valence-electron chi connectivity index (χ3n) is 5.26. The van der Waals surface area contributed by atoms with Crippen LogP contribution in [0.2, 0.25) is 5.02 Å². The van der Waals surface area contributed by atoms with Gasteiger partial charge in [0, 0.05) is 29.2 Å². The molecule has 0 bridgehead atoms. The molecular formula is C25H20ClNO4. The molecular weight excluding hydrogens is 414 g/mol. The van der Waals surface area contributed by atoms with Gasteiger partial charge >= 0.3 is 5.97 Å². The highest BCUT2D eigenvalue weighted by atomic mass is 35.5. The Balaban J connectivity index is 1.33. The van der Waals surface area contributed by atoms with Crippen molar-refractivity contribution in [2.75, 3.05) is 18.1 Å². The summed E-state index contributed by atoms with van der Waals surface area (Å²) in [6.45, 7) is -0.131. The van der Waals surface area contributed by atoms with E-state index < -0.39 is 11.9 Å². The standard InChI is InChI=1S/C25H20ClNO4/c26-21-10-12-22(13-11-21)27-15-20(14-24(27)29)25(30)31-16-23(28)19-8-6-18(7-9-19)17-4-2-1-3-5-17/h1-13,20H,14-16H2/t20-/m1/s1. The SMILES string of the molecule is O=C(COC(=O)[C@@H]1CC(=O)N(c2ccc(Cl)cc2)C1)c1ccc(-c2ccccc2)cc1. The van der Waals surface area contributed by atoms with Gasteiger partial charge in [0.15, 0.2) is 12.4 Å². The van der Waals surface area contributed by atoms with E-state index in [0.717, 1.165) is 11.1 Å². The van der Waals surface area contributed by atoms with Crippen molar-refractivity contribution in [3.05, 3.63) is 89.4 Å². The van der Waals surface area contributed by atoms with Gasteiger partial charge in [0.1, 0.15) is 0 Å². The van der Waals surface area contributed by atoms with Gasteiger partial charge in [0.25, 0.3) is 0 Å². The summed E-state index contributed by atoms with van der Waals surface area (Å²) in [5.74, 6) is -1.59. The molecule has 0 N–H and O–H groups in total. The molecule has 0 radical (unpaired) electrons. The van der Waals surface area contributed by atoms with E-state index >= 15 is 0 Å². The molecule has 3 aromatic rings. The minimum Gasteiger partial charge on any atom is -0.457 e. The van der Waals surface area contributed by atoms with E-state index in [1.807, 2.05) is 42.5 Å². The molecule has 0 aromatic heterocycles. The van der Waals surface area contributed by atoms with Gasteiger partial charge in [0.2, 0.25) is 5.91 Å². The Hall–Kier alpha value is -3.44. The molecule has 4 rings (SSSR count). The van der Waals surface area contributed by atoms with Gasteiger partial charge in [-0.3, -0.25) is 14.4 Å². The van der Waals surface area contributed by atoms with Crippen LogP contribution in [-0.2, 0) is 14.3 Å². The number of anilines is 1. The van der Waals surface area contributed by atoms with Crippen LogP contribution in [0, 0.1) is 5.92 Å². The summed E-state index contributed by atoms with van der Waals surface area (Å²) in [5.41, 5.74) is 3.21. The van der Waals surface area contributed by atoms with Crippen LogP contribution < -0.4 is 4.90 Å². The molecule has 1 fully saturated rings. The number of carbonyl (C=O) groups is 3. The molecule has 0 aliphatic carbocycles. The summed E-state index contributed by atoms with van der Waals surface area (Å²) >= 11 is 5.89. The number of ether oxygens (including phenoxy) is 1. The van der Waals surface area contributed by atoms with Crippen LogP contribution in [-0.4, -0.2) is 30.8 Å². The van der Waals surface area contributed by atoms with E-state index in [9.17, 15) is 14.4 Å². The fourth-order valence-electron chi connectivity index (χ4n) is 3.55. The van der Waals surface area contributed by atoms with Crippen LogP contribution in [0.1, 0.15) is 16.8 Å². The maximum absolute atomic E-state index is 12.4. The summed E-state index contributed by atoms with van der Waals surface area (Å²) in [5, 5.41) is 0.571. The van der Waals surface area contributed by atoms with E-state index in [2.05, 4.69) is 0 Å². The topological polar surface area (TPSA) is 63.7 Å². The first kappa shape index (κ1) is 20.8. The Bertz CT molecular complexity index is 1090. The summed E-state index contributed by atoms with van der Waals surface area (Å²) in [6.07, 6.45) is 0.0570. The number of hydrogen-bond acceptors (Lipinski definition) is 4. The van der Waals surface area contributed by atoms with Crippen molar-refractivity contribution in [3.8, 4) is 11.1 Å². The third-order valence-corrected chi connectivity index (χ3v) is 5.51. The normalized spacial score (nSPS) is 15.7. The number of rotatable bonds is 6. The summed E-state index contributed by atoms with van der Waals surface area (Å²) in [7, 11) is 0. The second-order valence-electron chi connectivity index (χ2n) is 7.36. The Morgan fingerprint density at radius 2 is 1.55 bits per heavy atom. The van der Waals surface area contributed by atoms with Gasteiger partial charge in [-0.05, 0) is 35.4 Å². The fourth-order valence-corrected chi connectivity index (χ4v) is 3.68. The highest BCUT2D eigenvalue weighted by Crippen LogP contribution is 2.27. The van der Waals surface area contributed by atoms with Crippen LogP contribution in [0.25, 0.3) is 11.1 Å². The molecule has 1 saturated heterocycles. The van der Waals surface area contributed by atoms with E-state index in [1.165, 1.54) is 4.90 Å². The molecule has 0 unspecified atom stereocenters. The highest BCUT2D eigenvalue weighted by Gasteiger charge is 2.36. The Labute approximate surface area is 185 Å². The highest BCUT2D eigenvalue weighted by molar-refractivity contribution is 6.30. The number of carbonyl (C=O) groups excluding carboxylic acids is 3. The number of esters is 1. The molecule has 6 heteroatoms. The number of benzene rings is 3. The van der Waals surface area contributed by atoms with Crippen LogP contribution in [0.4, 0.5) is 5.69 Å². The van der Waals surface area contributed by atoms with Gasteiger partial charge in [-0.25, -0.2) is 0 Å². The molecule has 1 atom stereocenters. The Morgan fingerprint density at radius 3 is 2.23 bits per heavy atom. The quantitative estimate of drug-likeness (QED) is 0.414. The summed E-state index contributed by atoms with van der Waals surface area (Å²) in [6, 6.07) is 23.9. The average molecular weight is 434 g/mol. The zero-order chi connectivity index (χ0) is 21.8. The summed E-state index contributed by atoms with van der Waals surface area (Å²) in [4.78, 5) is 38.7. The van der Waals surface area contributed by atoms with E-state index in [-0.39, 0.29) is 31.3 Å². The lowest BCUT2D eigenvalue weighted by molar-refractivity contribution is -0.147. The average Bonchev–Trinajstić information content (AvgIpc) is 3.20. The smallest absolute Gasteiger partial charge is 0.311 e. The zero-order valence-electron chi connectivity index (χ0n) is 16.7. The predicted octanol–water partition coefficient (Wildman–Crippen LogP) is 4.79. The molecule has 5 nitrogen and oxygen atoms in total. The monoisotopic (exact) mass is 433 g/mol. The molecule has 1 heterocycles. The maximum Gasteiger partial charge on any atom is 0.311 e. The van der Waals surface area contributed by atoms with Gasteiger partial charge in [-0.15, -0.1) is 0 Å². The van der Waals surface area contributed by atoms with Gasteiger partial charge in [-0.1, -0.05) is 66.2 Å². The second kappa shape index (κ2) is 9.14. The lowest BCUT2D eigenvalue weighted by Crippen LogP contribution is -2.27. The van der Waals surface area contributed by atoms with Crippen LogP contribution in [0.3, 0.4) is 0 Å². The minimum atomic E-state index is -0.601. The van der Waals surface area contributed by atoms with Crippen molar-refractivity contribution in [2.45, 2.75) is 6.42 Å². The third kappa shape index (κ3) is 4.84. The van der Waals surface area contributed by atoms with Crippen LogP contribution in [0.15, 0.2) is 78.9 Å². The maximum atomic E-state index is 12.4. The lowest BCUT2D eigenvalue weighted by Gasteiger charge is -2.16. The van der Waals surface area contributed by atoms with Crippen molar-refractivity contribution in [3.63, 3.8) is 0 Å². The number of amides is 1. The number of halogens is 1. The predicted molar refractivity (Wildman–Crippen MR) is 119 cm³/mol. The van der Waals surface area contributed by atoms with E-state index in [0.29, 0.717) is 16.3 Å². The molecule has 0 spiro atoms. The van der Waals surface area contributed by atoms with Crippen molar-refractivity contribution < 1.29 is 19.1 Å². The van der Waals surface area contributed by atoms with Crippen molar-refractivity contribution in [1.29, 1.82) is 0 Å². The molecule has 1 aliphatic rings. The van der Waals surface area contributed by atoms with Crippen molar-refractivity contribution >= 4 is 34.9 Å². The van der Waals surface area contributed by atoms with Gasteiger partial charge < -0.3 is 9.64 Å². The minimum absolute atomic E-state index is 0.0570. The number of nitrogens with zero attached hydrogens (tertiary/aromatic N) is 1. The molecule has 156 valence electrons. The van der Waals surface area contributed by atoms with Crippen LogP contribution in [0.5, 0.6) is 0 Å². The number of ketones is 1. The first-order valence-corrected chi connectivity index (χ1v) is 10.3. The van der Waals surface area contributed by atoms with E-state index in [4.69, 9.17) is 16.3 Å².